The van der Waals surface area contributed by atoms with E-state index in [0.29, 0.717) is 29.9 Å². The summed E-state index contributed by atoms with van der Waals surface area (Å²) >= 11 is 0. The first-order valence-corrected chi connectivity index (χ1v) is 10.2. The van der Waals surface area contributed by atoms with Crippen molar-refractivity contribution in [3.63, 3.8) is 0 Å². The average Bonchev–Trinajstić information content (AvgIpc) is 3.51. The Hall–Kier alpha value is -4.01. The number of fused-ring (bicyclic) bond motifs is 1. The fraction of sp³-hybridized carbons (Fsp3) is 0.208. The lowest BCUT2D eigenvalue weighted by atomic mass is 9.94. The van der Waals surface area contributed by atoms with Crippen LogP contribution < -0.4 is 14.8 Å². The van der Waals surface area contributed by atoms with E-state index in [-0.39, 0.29) is 24.4 Å². The predicted octanol–water partition coefficient (Wildman–Crippen LogP) is 4.99. The maximum Gasteiger partial charge on any atom is 0.586 e. The fourth-order valence-corrected chi connectivity index (χ4v) is 3.99. The number of carboxylic acids is 1. The number of anilines is 1. The summed E-state index contributed by atoms with van der Waals surface area (Å²) in [5.74, 6) is -1.15. The number of aryl methyl sites for hydroxylation is 1. The van der Waals surface area contributed by atoms with Crippen molar-refractivity contribution in [2.75, 3.05) is 5.32 Å². The van der Waals surface area contributed by atoms with Gasteiger partial charge in [-0.25, -0.2) is 9.78 Å². The van der Waals surface area contributed by atoms with Crippen LogP contribution in [0.1, 0.15) is 35.8 Å². The van der Waals surface area contributed by atoms with Gasteiger partial charge in [-0.3, -0.25) is 4.79 Å². The Balaban J connectivity index is 0.00000274. The molecule has 1 amide bonds. The second-order valence-corrected chi connectivity index (χ2v) is 8.11. The van der Waals surface area contributed by atoms with Crippen LogP contribution in [0.15, 0.2) is 54.6 Å². The summed E-state index contributed by atoms with van der Waals surface area (Å²) in [5, 5.41) is 12.0. The molecule has 0 bridgehead atoms. The number of aromatic nitrogens is 1. The zero-order valence-corrected chi connectivity index (χ0v) is 17.4. The van der Waals surface area contributed by atoms with Crippen LogP contribution in [-0.2, 0) is 10.2 Å². The molecule has 0 saturated heterocycles. The van der Waals surface area contributed by atoms with Gasteiger partial charge in [-0.15, -0.1) is 8.78 Å². The molecule has 1 aromatic heterocycles. The Bertz CT molecular complexity index is 1310. The largest absolute Gasteiger partial charge is 0.586 e. The quantitative estimate of drug-likeness (QED) is 0.564. The second-order valence-electron chi connectivity index (χ2n) is 8.11. The molecule has 0 spiro atoms. The maximum absolute atomic E-state index is 13.3. The Morgan fingerprint density at radius 3 is 2.52 bits per heavy atom. The number of carbonyl (C=O) groups excluding carboxylic acids is 1. The summed E-state index contributed by atoms with van der Waals surface area (Å²) in [5.41, 5.74) is 1.95. The van der Waals surface area contributed by atoms with Crippen molar-refractivity contribution in [1.29, 1.82) is 0 Å². The number of nitrogens with zero attached hydrogens (tertiary/aromatic N) is 1. The van der Waals surface area contributed by atoms with Crippen LogP contribution in [-0.4, -0.2) is 28.3 Å². The van der Waals surface area contributed by atoms with Crippen molar-refractivity contribution in [2.24, 2.45) is 0 Å². The van der Waals surface area contributed by atoms with Gasteiger partial charge in [0, 0.05) is 6.99 Å². The number of aromatic carboxylic acids is 1. The smallest absolute Gasteiger partial charge is 0.478 e. The standard InChI is InChI=1S/C24H18F2N2O5.H2/c1-13-11-14(21(29)30)5-7-16(13)17-3-2-4-20(27-17)28-22(31)23(9-10-23)15-6-8-18-19(12-15)33-24(25,26)32-18;/h2-8,11-12H,9-10H2,1H3,(H,29,30)(H,27,28,31);1H. The third kappa shape index (κ3) is 3.75. The minimum absolute atomic E-state index is 0. The zero-order chi connectivity index (χ0) is 23.4. The van der Waals surface area contributed by atoms with E-state index in [2.05, 4.69) is 19.8 Å². The first kappa shape index (κ1) is 20.9. The molecular formula is C24H20F2N2O5. The Morgan fingerprint density at radius 1 is 1.06 bits per heavy atom. The van der Waals surface area contributed by atoms with Crippen LogP contribution in [0.2, 0.25) is 0 Å². The number of carboxylic acid groups (broad SMARTS) is 1. The lowest BCUT2D eigenvalue weighted by molar-refractivity contribution is -0.286. The van der Waals surface area contributed by atoms with E-state index in [4.69, 9.17) is 5.11 Å². The van der Waals surface area contributed by atoms with E-state index >= 15 is 0 Å². The Labute approximate surface area is 188 Å². The van der Waals surface area contributed by atoms with E-state index < -0.39 is 17.7 Å². The third-order valence-electron chi connectivity index (χ3n) is 5.88. The molecule has 5 rings (SSSR count). The van der Waals surface area contributed by atoms with Crippen LogP contribution >= 0.6 is 0 Å². The number of pyridine rings is 1. The van der Waals surface area contributed by atoms with E-state index in [1.165, 1.54) is 18.2 Å². The summed E-state index contributed by atoms with van der Waals surface area (Å²) in [4.78, 5) is 28.8. The van der Waals surface area contributed by atoms with Gasteiger partial charge in [0.1, 0.15) is 5.82 Å². The molecule has 170 valence electrons. The molecule has 1 saturated carbocycles. The van der Waals surface area contributed by atoms with Crippen LogP contribution in [0, 0.1) is 6.92 Å². The summed E-state index contributed by atoms with van der Waals surface area (Å²) in [6.07, 6.45) is -2.60. The number of nitrogens with one attached hydrogen (secondary N) is 1. The van der Waals surface area contributed by atoms with Gasteiger partial charge in [-0.05, 0) is 67.3 Å². The molecule has 2 heterocycles. The number of ether oxygens (including phenoxy) is 2. The Morgan fingerprint density at radius 2 is 1.82 bits per heavy atom. The summed E-state index contributed by atoms with van der Waals surface area (Å²) < 4.78 is 35.6. The highest BCUT2D eigenvalue weighted by molar-refractivity contribution is 6.01. The predicted molar refractivity (Wildman–Crippen MR) is 116 cm³/mol. The molecule has 0 radical (unpaired) electrons. The highest BCUT2D eigenvalue weighted by atomic mass is 19.3. The molecule has 2 aliphatic rings. The van der Waals surface area contributed by atoms with Crippen LogP contribution in [0.5, 0.6) is 11.5 Å². The van der Waals surface area contributed by atoms with Crippen molar-refractivity contribution in [2.45, 2.75) is 31.5 Å². The molecule has 7 nitrogen and oxygen atoms in total. The molecule has 1 fully saturated rings. The van der Waals surface area contributed by atoms with Crippen molar-refractivity contribution < 1.29 is 34.4 Å². The van der Waals surface area contributed by atoms with E-state index in [1.54, 1.807) is 43.3 Å². The highest BCUT2D eigenvalue weighted by Crippen LogP contribution is 2.52. The molecule has 2 aromatic carbocycles. The minimum Gasteiger partial charge on any atom is -0.478 e. The normalized spacial score (nSPS) is 16.8. The van der Waals surface area contributed by atoms with Gasteiger partial charge >= 0.3 is 12.3 Å². The summed E-state index contributed by atoms with van der Waals surface area (Å²) in [7, 11) is 0. The van der Waals surface area contributed by atoms with Gasteiger partial charge in [-0.1, -0.05) is 18.2 Å². The van der Waals surface area contributed by atoms with Gasteiger partial charge in [0.15, 0.2) is 11.5 Å². The molecular weight excluding hydrogens is 434 g/mol. The number of rotatable bonds is 5. The monoisotopic (exact) mass is 454 g/mol. The molecule has 0 atom stereocenters. The molecule has 2 N–H and O–H groups in total. The molecule has 1 aliphatic heterocycles. The SMILES string of the molecule is Cc1cc(C(=O)O)ccc1-c1cccc(NC(=O)C2(c3ccc4c(c3)OC(F)(F)O4)CC2)n1.[HH]. The highest BCUT2D eigenvalue weighted by Gasteiger charge is 2.53. The summed E-state index contributed by atoms with van der Waals surface area (Å²) in [6, 6.07) is 14.3. The van der Waals surface area contributed by atoms with E-state index in [9.17, 15) is 18.4 Å². The number of hydrogen-bond donors (Lipinski definition) is 2. The number of benzene rings is 2. The van der Waals surface area contributed by atoms with Crippen LogP contribution in [0.25, 0.3) is 11.3 Å². The van der Waals surface area contributed by atoms with Crippen LogP contribution in [0.4, 0.5) is 14.6 Å². The van der Waals surface area contributed by atoms with Gasteiger partial charge in [0.25, 0.3) is 0 Å². The van der Waals surface area contributed by atoms with Gasteiger partial charge in [0.2, 0.25) is 5.91 Å². The third-order valence-corrected chi connectivity index (χ3v) is 5.88. The number of alkyl halides is 2. The van der Waals surface area contributed by atoms with Gasteiger partial charge in [-0.2, -0.15) is 0 Å². The number of carbonyl (C=O) groups is 2. The number of halogens is 2. The molecule has 3 aromatic rings. The van der Waals surface area contributed by atoms with E-state index in [0.717, 1.165) is 11.1 Å². The van der Waals surface area contributed by atoms with Crippen molar-refractivity contribution in [3.05, 3.63) is 71.3 Å². The average molecular weight is 454 g/mol. The van der Waals surface area contributed by atoms with Crippen molar-refractivity contribution in [3.8, 4) is 22.8 Å². The van der Waals surface area contributed by atoms with Crippen LogP contribution in [0.3, 0.4) is 0 Å². The van der Waals surface area contributed by atoms with Crippen molar-refractivity contribution in [1.82, 2.24) is 4.98 Å². The molecule has 33 heavy (non-hydrogen) atoms. The van der Waals surface area contributed by atoms with E-state index in [1.807, 2.05) is 0 Å². The van der Waals surface area contributed by atoms with Gasteiger partial charge < -0.3 is 19.9 Å². The minimum atomic E-state index is -3.72. The van der Waals surface area contributed by atoms with Crippen molar-refractivity contribution >= 4 is 17.7 Å². The fourth-order valence-electron chi connectivity index (χ4n) is 3.99. The molecule has 0 unspecified atom stereocenters. The Kier molecular flexibility index (Phi) is 4.59. The number of amides is 1. The topological polar surface area (TPSA) is 97.8 Å². The lowest BCUT2D eigenvalue weighted by Gasteiger charge is -2.16. The zero-order valence-electron chi connectivity index (χ0n) is 17.4. The molecule has 1 aliphatic carbocycles. The lowest BCUT2D eigenvalue weighted by Crippen LogP contribution is -2.28. The second kappa shape index (κ2) is 7.26. The maximum atomic E-state index is 13.3. The first-order chi connectivity index (χ1) is 15.7. The first-order valence-electron chi connectivity index (χ1n) is 10.2. The van der Waals surface area contributed by atoms with Gasteiger partial charge in [0.05, 0.1) is 16.7 Å². The summed E-state index contributed by atoms with van der Waals surface area (Å²) in [6.45, 7) is 1.79. The number of hydrogen-bond acceptors (Lipinski definition) is 5. The molecule has 9 heteroatoms.